The van der Waals surface area contributed by atoms with Crippen LogP contribution in [-0.4, -0.2) is 36.2 Å². The smallest absolute Gasteiger partial charge is 0.257 e. The van der Waals surface area contributed by atoms with Gasteiger partial charge in [-0.2, -0.15) is 0 Å². The molecule has 0 unspecified atom stereocenters. The molecule has 0 spiro atoms. The average Bonchev–Trinajstić information content (AvgIpc) is 2.60. The van der Waals surface area contributed by atoms with Gasteiger partial charge >= 0.3 is 0 Å². The van der Waals surface area contributed by atoms with Gasteiger partial charge in [0.05, 0.1) is 16.3 Å². The van der Waals surface area contributed by atoms with E-state index in [0.717, 1.165) is 38.1 Å². The highest BCUT2D eigenvalue weighted by molar-refractivity contribution is 8.00. The van der Waals surface area contributed by atoms with Gasteiger partial charge in [-0.15, -0.1) is 11.8 Å². The average molecular weight is 397 g/mol. The first-order chi connectivity index (χ1) is 12.4. The van der Waals surface area contributed by atoms with Gasteiger partial charge in [-0.3, -0.25) is 4.79 Å². The molecule has 1 amide bonds. The van der Waals surface area contributed by atoms with Crippen LogP contribution in [0.3, 0.4) is 0 Å². The van der Waals surface area contributed by atoms with E-state index in [1.54, 1.807) is 12.1 Å². The number of benzene rings is 2. The predicted molar refractivity (Wildman–Crippen MR) is 102 cm³/mol. The van der Waals surface area contributed by atoms with E-state index in [0.29, 0.717) is 10.1 Å². The molecule has 1 aliphatic heterocycles. The van der Waals surface area contributed by atoms with Crippen molar-refractivity contribution in [1.82, 2.24) is 4.90 Å². The number of hydrogen-bond acceptors (Lipinski definition) is 3. The molecule has 138 valence electrons. The molecule has 7 heteroatoms. The van der Waals surface area contributed by atoms with Gasteiger partial charge < -0.3 is 10.2 Å². The Morgan fingerprint density at radius 2 is 1.96 bits per heavy atom. The minimum absolute atomic E-state index is 0.0141. The van der Waals surface area contributed by atoms with E-state index < -0.39 is 17.5 Å². The summed E-state index contributed by atoms with van der Waals surface area (Å²) in [7, 11) is 2.08. The fraction of sp³-hybridized carbons (Fsp3) is 0.316. The summed E-state index contributed by atoms with van der Waals surface area (Å²) in [5.74, 6) is -1.56. The van der Waals surface area contributed by atoms with Gasteiger partial charge in [0.1, 0.15) is 5.82 Å². The molecule has 1 heterocycles. The van der Waals surface area contributed by atoms with Crippen LogP contribution in [0.25, 0.3) is 0 Å². The fourth-order valence-corrected chi connectivity index (χ4v) is 4.27. The molecule has 0 bridgehead atoms. The van der Waals surface area contributed by atoms with Gasteiger partial charge in [0.25, 0.3) is 5.91 Å². The number of carbonyl (C=O) groups excluding carboxylic acids is 1. The Kier molecular flexibility index (Phi) is 6.16. The second-order valence-electron chi connectivity index (χ2n) is 6.32. The number of anilines is 1. The number of thioether (sulfide) groups is 1. The fourth-order valence-electron chi connectivity index (χ4n) is 2.84. The SMILES string of the molecule is CN1CCC(Sc2cccc(NC(=O)c3ccc(F)cc3Cl)c2F)CC1. The minimum atomic E-state index is -0.574. The van der Waals surface area contributed by atoms with Crippen molar-refractivity contribution < 1.29 is 13.6 Å². The summed E-state index contributed by atoms with van der Waals surface area (Å²) in [4.78, 5) is 15.1. The molecule has 0 aliphatic carbocycles. The summed E-state index contributed by atoms with van der Waals surface area (Å²) < 4.78 is 27.9. The molecular formula is C19H19ClF2N2OS. The second kappa shape index (κ2) is 8.37. The van der Waals surface area contributed by atoms with Gasteiger partial charge in [-0.25, -0.2) is 8.78 Å². The number of nitrogens with one attached hydrogen (secondary N) is 1. The van der Waals surface area contributed by atoms with Gasteiger partial charge in [0.2, 0.25) is 0 Å². The maximum Gasteiger partial charge on any atom is 0.257 e. The van der Waals surface area contributed by atoms with E-state index in [4.69, 9.17) is 11.6 Å². The highest BCUT2D eigenvalue weighted by Gasteiger charge is 2.21. The molecule has 1 aliphatic rings. The van der Waals surface area contributed by atoms with Gasteiger partial charge in [-0.1, -0.05) is 17.7 Å². The lowest BCUT2D eigenvalue weighted by Gasteiger charge is -2.28. The lowest BCUT2D eigenvalue weighted by atomic mass is 10.1. The van der Waals surface area contributed by atoms with Crippen LogP contribution in [-0.2, 0) is 0 Å². The van der Waals surface area contributed by atoms with Crippen molar-refractivity contribution in [2.75, 3.05) is 25.5 Å². The number of nitrogens with zero attached hydrogens (tertiary/aromatic N) is 1. The van der Waals surface area contributed by atoms with Crippen LogP contribution in [0.5, 0.6) is 0 Å². The quantitative estimate of drug-likeness (QED) is 0.784. The molecule has 26 heavy (non-hydrogen) atoms. The third-order valence-electron chi connectivity index (χ3n) is 4.35. The molecule has 1 saturated heterocycles. The summed E-state index contributed by atoms with van der Waals surface area (Å²) in [5.41, 5.74) is 0.189. The Hall–Kier alpha value is -1.63. The summed E-state index contributed by atoms with van der Waals surface area (Å²) in [5, 5.41) is 2.87. The topological polar surface area (TPSA) is 32.3 Å². The molecule has 3 nitrogen and oxygen atoms in total. The molecule has 0 aromatic heterocycles. The predicted octanol–water partition coefficient (Wildman–Crippen LogP) is 5.06. The summed E-state index contributed by atoms with van der Waals surface area (Å²) in [6.45, 7) is 2.00. The Labute approximate surface area is 160 Å². The third-order valence-corrected chi connectivity index (χ3v) is 6.03. The number of piperidine rings is 1. The zero-order valence-electron chi connectivity index (χ0n) is 14.3. The van der Waals surface area contributed by atoms with Crippen LogP contribution in [0.15, 0.2) is 41.3 Å². The van der Waals surface area contributed by atoms with Crippen LogP contribution in [0.1, 0.15) is 23.2 Å². The van der Waals surface area contributed by atoms with E-state index in [2.05, 4.69) is 17.3 Å². The van der Waals surface area contributed by atoms with Crippen molar-refractivity contribution >= 4 is 35.0 Å². The minimum Gasteiger partial charge on any atom is -0.319 e. The Bertz CT molecular complexity index is 810. The number of amides is 1. The Balaban J connectivity index is 1.73. The van der Waals surface area contributed by atoms with Crippen LogP contribution in [0.2, 0.25) is 5.02 Å². The molecule has 0 atom stereocenters. The van der Waals surface area contributed by atoms with E-state index >= 15 is 0 Å². The number of likely N-dealkylation sites (tertiary alicyclic amines) is 1. The van der Waals surface area contributed by atoms with Crippen LogP contribution >= 0.6 is 23.4 Å². The van der Waals surface area contributed by atoms with Crippen molar-refractivity contribution in [3.63, 3.8) is 0 Å². The monoisotopic (exact) mass is 396 g/mol. The molecule has 1 fully saturated rings. The van der Waals surface area contributed by atoms with E-state index in [1.807, 2.05) is 0 Å². The normalized spacial score (nSPS) is 15.8. The summed E-state index contributed by atoms with van der Waals surface area (Å²) >= 11 is 7.41. The first kappa shape index (κ1) is 19.1. The van der Waals surface area contributed by atoms with Crippen molar-refractivity contribution in [2.45, 2.75) is 23.0 Å². The molecule has 3 rings (SSSR count). The first-order valence-electron chi connectivity index (χ1n) is 8.34. The number of rotatable bonds is 4. The number of halogens is 3. The highest BCUT2D eigenvalue weighted by atomic mass is 35.5. The zero-order chi connectivity index (χ0) is 18.7. The largest absolute Gasteiger partial charge is 0.319 e. The van der Waals surface area contributed by atoms with Crippen molar-refractivity contribution in [3.05, 3.63) is 58.6 Å². The van der Waals surface area contributed by atoms with Crippen LogP contribution in [0, 0.1) is 11.6 Å². The standard InChI is InChI=1S/C19H19ClF2N2OS/c1-24-9-7-13(8-10-24)26-17-4-2-3-16(18(17)22)23-19(25)14-6-5-12(21)11-15(14)20/h2-6,11,13H,7-10H2,1H3,(H,23,25). The Morgan fingerprint density at radius 1 is 1.23 bits per heavy atom. The zero-order valence-corrected chi connectivity index (χ0v) is 15.8. The number of hydrogen-bond donors (Lipinski definition) is 1. The number of carbonyl (C=O) groups is 1. The molecule has 0 saturated carbocycles. The molecule has 1 N–H and O–H groups in total. The van der Waals surface area contributed by atoms with E-state index in [1.165, 1.54) is 23.9 Å². The maximum atomic E-state index is 14.8. The van der Waals surface area contributed by atoms with Crippen LogP contribution < -0.4 is 5.32 Å². The van der Waals surface area contributed by atoms with Gasteiger partial charge in [0, 0.05) is 10.1 Å². The molecule has 2 aromatic rings. The second-order valence-corrected chi connectivity index (χ2v) is 8.07. The van der Waals surface area contributed by atoms with Crippen LogP contribution in [0.4, 0.5) is 14.5 Å². The van der Waals surface area contributed by atoms with Gasteiger partial charge in [-0.05, 0) is 63.3 Å². The Morgan fingerprint density at radius 3 is 2.65 bits per heavy atom. The lowest BCUT2D eigenvalue weighted by molar-refractivity contribution is 0.102. The van der Waals surface area contributed by atoms with Crippen molar-refractivity contribution in [3.8, 4) is 0 Å². The highest BCUT2D eigenvalue weighted by Crippen LogP contribution is 2.34. The maximum absolute atomic E-state index is 14.8. The first-order valence-corrected chi connectivity index (χ1v) is 9.60. The molecular weight excluding hydrogens is 378 g/mol. The van der Waals surface area contributed by atoms with Crippen molar-refractivity contribution in [2.24, 2.45) is 0 Å². The van der Waals surface area contributed by atoms with E-state index in [9.17, 15) is 13.6 Å². The van der Waals surface area contributed by atoms with Gasteiger partial charge in [0.15, 0.2) is 5.82 Å². The lowest BCUT2D eigenvalue weighted by Crippen LogP contribution is -2.31. The van der Waals surface area contributed by atoms with E-state index in [-0.39, 0.29) is 16.3 Å². The summed E-state index contributed by atoms with van der Waals surface area (Å²) in [6, 6.07) is 8.41. The van der Waals surface area contributed by atoms with Crippen molar-refractivity contribution in [1.29, 1.82) is 0 Å². The third kappa shape index (κ3) is 4.55. The summed E-state index contributed by atoms with van der Waals surface area (Å²) in [6.07, 6.45) is 2.00. The molecule has 2 aromatic carbocycles. The molecule has 0 radical (unpaired) electrons.